The molecule has 0 saturated carbocycles. The molecule has 9 aromatic rings. The molecule has 0 aliphatic rings. The normalized spacial score (nSPS) is 11.3. The number of nitrogens with zero attached hydrogens (tertiary/aromatic N) is 4. The Kier molecular flexibility index (Phi) is 6.76. The van der Waals surface area contributed by atoms with Crippen LogP contribution in [0.4, 0.5) is 0 Å². The maximum atomic E-state index is 5.14. The Morgan fingerprint density at radius 3 is 1.48 bits per heavy atom. The molecule has 0 amide bonds. The van der Waals surface area contributed by atoms with Gasteiger partial charge in [0.15, 0.2) is 5.82 Å². The summed E-state index contributed by atoms with van der Waals surface area (Å²) < 4.78 is 0. The van der Waals surface area contributed by atoms with E-state index in [0.29, 0.717) is 5.82 Å². The highest BCUT2D eigenvalue weighted by molar-refractivity contribution is 5.91. The molecular formula is C44H28N4. The summed E-state index contributed by atoms with van der Waals surface area (Å²) in [6.07, 6.45) is 0. The number of fused-ring (bicyclic) bond motifs is 3. The molecule has 0 unspecified atom stereocenters. The Hall–Kier alpha value is -6.52. The van der Waals surface area contributed by atoms with Crippen molar-refractivity contribution in [3.8, 4) is 56.4 Å². The summed E-state index contributed by atoms with van der Waals surface area (Å²) in [5.74, 6) is 0.675. The molecule has 3 aromatic heterocycles. The van der Waals surface area contributed by atoms with Crippen LogP contribution in [0.1, 0.15) is 0 Å². The van der Waals surface area contributed by atoms with E-state index in [2.05, 4.69) is 109 Å². The highest BCUT2D eigenvalue weighted by Crippen LogP contribution is 2.31. The van der Waals surface area contributed by atoms with E-state index in [1.54, 1.807) is 0 Å². The molecule has 0 aliphatic heterocycles. The Morgan fingerprint density at radius 1 is 0.250 bits per heavy atom. The Bertz CT molecular complexity index is 2560. The maximum absolute atomic E-state index is 5.14. The molecule has 224 valence electrons. The Labute approximate surface area is 278 Å². The fourth-order valence-corrected chi connectivity index (χ4v) is 6.30. The summed E-state index contributed by atoms with van der Waals surface area (Å²) in [5.41, 5.74) is 10.6. The summed E-state index contributed by atoms with van der Waals surface area (Å²) in [4.78, 5) is 20.2. The fourth-order valence-electron chi connectivity index (χ4n) is 6.30. The number of aromatic nitrogens is 4. The minimum atomic E-state index is 0.675. The molecule has 0 N–H and O–H groups in total. The molecule has 4 heteroatoms. The minimum Gasteiger partial charge on any atom is -0.248 e. The van der Waals surface area contributed by atoms with E-state index in [1.807, 2.05) is 60.7 Å². The van der Waals surface area contributed by atoms with Gasteiger partial charge in [0.25, 0.3) is 0 Å². The van der Waals surface area contributed by atoms with Crippen LogP contribution in [0.5, 0.6) is 0 Å². The second-order valence-electron chi connectivity index (χ2n) is 12.0. The van der Waals surface area contributed by atoms with Crippen LogP contribution in [0, 0.1) is 0 Å². The van der Waals surface area contributed by atoms with Crippen LogP contribution in [0.2, 0.25) is 0 Å². The number of pyridine rings is 2. The first kappa shape index (κ1) is 27.8. The van der Waals surface area contributed by atoms with Crippen molar-refractivity contribution in [1.29, 1.82) is 0 Å². The van der Waals surface area contributed by atoms with Crippen molar-refractivity contribution < 1.29 is 0 Å². The lowest BCUT2D eigenvalue weighted by atomic mass is 10.0. The van der Waals surface area contributed by atoms with Crippen LogP contribution >= 0.6 is 0 Å². The van der Waals surface area contributed by atoms with Crippen molar-refractivity contribution in [1.82, 2.24) is 19.9 Å². The van der Waals surface area contributed by atoms with Gasteiger partial charge in [0.1, 0.15) is 0 Å². The van der Waals surface area contributed by atoms with E-state index < -0.39 is 0 Å². The predicted octanol–water partition coefficient (Wildman–Crippen LogP) is 11.1. The SMILES string of the molecule is c1ccc(-c2cc(-c3ccc4ccc(-c5ccc6ccc(-c7ccc8ccccc8c7)nc6c5)cc4n3)nc(-c3ccccc3)n2)cc1. The standard InChI is InChI=1S/C44H28N4/c1-3-10-30(11-4-1)42-28-43(48-44(47-42)33-12-5-2-6-13-33)39-24-22-32-17-19-36(27-41(32)46-39)35-18-16-31-21-23-38(45-40(31)26-35)37-20-15-29-9-7-8-14-34(29)25-37/h1-28H. The molecule has 0 bridgehead atoms. The highest BCUT2D eigenvalue weighted by Gasteiger charge is 2.13. The summed E-state index contributed by atoms with van der Waals surface area (Å²) in [5, 5.41) is 4.62. The molecule has 4 nitrogen and oxygen atoms in total. The monoisotopic (exact) mass is 612 g/mol. The van der Waals surface area contributed by atoms with Gasteiger partial charge in [0, 0.05) is 27.5 Å². The Balaban J connectivity index is 1.11. The van der Waals surface area contributed by atoms with E-state index in [4.69, 9.17) is 19.9 Å². The molecular weight excluding hydrogens is 585 g/mol. The van der Waals surface area contributed by atoms with Crippen molar-refractivity contribution >= 4 is 32.6 Å². The lowest BCUT2D eigenvalue weighted by molar-refractivity contribution is 1.17. The number of hydrogen-bond donors (Lipinski definition) is 0. The fraction of sp³-hybridized carbons (Fsp3) is 0. The summed E-state index contributed by atoms with van der Waals surface area (Å²) >= 11 is 0. The molecule has 0 saturated heterocycles. The van der Waals surface area contributed by atoms with Gasteiger partial charge < -0.3 is 0 Å². The van der Waals surface area contributed by atoms with Gasteiger partial charge in [-0.2, -0.15) is 0 Å². The molecule has 6 aromatic carbocycles. The second kappa shape index (κ2) is 11.7. The van der Waals surface area contributed by atoms with Crippen LogP contribution < -0.4 is 0 Å². The van der Waals surface area contributed by atoms with Crippen molar-refractivity contribution in [2.45, 2.75) is 0 Å². The van der Waals surface area contributed by atoms with E-state index in [1.165, 1.54) is 10.8 Å². The first-order valence-corrected chi connectivity index (χ1v) is 16.1. The molecule has 0 aliphatic carbocycles. The minimum absolute atomic E-state index is 0.675. The van der Waals surface area contributed by atoms with Crippen molar-refractivity contribution in [2.24, 2.45) is 0 Å². The summed E-state index contributed by atoms with van der Waals surface area (Å²) in [7, 11) is 0. The second-order valence-corrected chi connectivity index (χ2v) is 12.0. The largest absolute Gasteiger partial charge is 0.248 e. The predicted molar refractivity (Wildman–Crippen MR) is 197 cm³/mol. The van der Waals surface area contributed by atoms with Gasteiger partial charge in [0.05, 0.1) is 33.8 Å². The number of hydrogen-bond acceptors (Lipinski definition) is 4. The van der Waals surface area contributed by atoms with Gasteiger partial charge in [-0.3, -0.25) is 0 Å². The van der Waals surface area contributed by atoms with Gasteiger partial charge in [0.2, 0.25) is 0 Å². The topological polar surface area (TPSA) is 51.6 Å². The number of rotatable bonds is 5. The first-order valence-electron chi connectivity index (χ1n) is 16.1. The molecule has 0 atom stereocenters. The van der Waals surface area contributed by atoms with Crippen LogP contribution in [0.15, 0.2) is 170 Å². The van der Waals surface area contributed by atoms with E-state index in [0.717, 1.165) is 72.4 Å². The molecule has 9 rings (SSSR count). The zero-order chi connectivity index (χ0) is 31.9. The smallest absolute Gasteiger partial charge is 0.160 e. The Morgan fingerprint density at radius 2 is 0.771 bits per heavy atom. The van der Waals surface area contributed by atoms with Gasteiger partial charge in [-0.15, -0.1) is 0 Å². The van der Waals surface area contributed by atoms with Gasteiger partial charge in [-0.05, 0) is 58.3 Å². The van der Waals surface area contributed by atoms with Crippen molar-refractivity contribution in [3.63, 3.8) is 0 Å². The van der Waals surface area contributed by atoms with Gasteiger partial charge in [-0.25, -0.2) is 19.9 Å². The third-order valence-corrected chi connectivity index (χ3v) is 8.85. The quantitative estimate of drug-likeness (QED) is 0.194. The van der Waals surface area contributed by atoms with Crippen LogP contribution in [-0.2, 0) is 0 Å². The molecule has 0 radical (unpaired) electrons. The third-order valence-electron chi connectivity index (χ3n) is 8.85. The highest BCUT2D eigenvalue weighted by atomic mass is 14.9. The first-order chi connectivity index (χ1) is 23.7. The summed E-state index contributed by atoms with van der Waals surface area (Å²) in [6, 6.07) is 58.6. The van der Waals surface area contributed by atoms with Crippen LogP contribution in [-0.4, -0.2) is 19.9 Å². The van der Waals surface area contributed by atoms with Crippen molar-refractivity contribution in [2.75, 3.05) is 0 Å². The van der Waals surface area contributed by atoms with Gasteiger partial charge in [-0.1, -0.05) is 133 Å². The molecule has 0 spiro atoms. The molecule has 0 fully saturated rings. The van der Waals surface area contributed by atoms with E-state index >= 15 is 0 Å². The number of benzene rings is 6. The van der Waals surface area contributed by atoms with Gasteiger partial charge >= 0.3 is 0 Å². The van der Waals surface area contributed by atoms with Crippen LogP contribution in [0.3, 0.4) is 0 Å². The maximum Gasteiger partial charge on any atom is 0.160 e. The van der Waals surface area contributed by atoms with Crippen molar-refractivity contribution in [3.05, 3.63) is 170 Å². The lowest BCUT2D eigenvalue weighted by Gasteiger charge is -2.10. The lowest BCUT2D eigenvalue weighted by Crippen LogP contribution is -1.97. The van der Waals surface area contributed by atoms with E-state index in [-0.39, 0.29) is 0 Å². The van der Waals surface area contributed by atoms with E-state index in [9.17, 15) is 0 Å². The van der Waals surface area contributed by atoms with Crippen LogP contribution in [0.25, 0.3) is 89.0 Å². The average Bonchev–Trinajstić information content (AvgIpc) is 3.17. The average molecular weight is 613 g/mol. The zero-order valence-electron chi connectivity index (χ0n) is 26.0. The zero-order valence-corrected chi connectivity index (χ0v) is 26.0. The summed E-state index contributed by atoms with van der Waals surface area (Å²) in [6.45, 7) is 0. The molecule has 3 heterocycles. The third kappa shape index (κ3) is 5.25. The molecule has 48 heavy (non-hydrogen) atoms.